The molecule has 3 aromatic carbocycles. The molecule has 0 spiro atoms. The lowest BCUT2D eigenvalue weighted by molar-refractivity contribution is -0.325. The maximum Gasteiger partial charge on any atom is 0.331 e. The number of hydrogen-bond acceptors (Lipinski definition) is 22. The van der Waals surface area contributed by atoms with E-state index in [0.29, 0.717) is 5.56 Å². The summed E-state index contributed by atoms with van der Waals surface area (Å²) >= 11 is 0. The van der Waals surface area contributed by atoms with Crippen LogP contribution in [0, 0.1) is 0 Å². The van der Waals surface area contributed by atoms with E-state index in [1.165, 1.54) is 31.2 Å². The molecule has 0 saturated carbocycles. The number of esters is 1. The van der Waals surface area contributed by atoms with Crippen molar-refractivity contribution in [2.45, 2.75) is 105 Å². The SMILES string of the molecule is C[C@@H]1O[C@@H](OC[C@H]2O[C@@H](OC3=Cc4c(O[C@@H]5O[C@H](CO)[C@@H](O)[C@H](O)[C@H]5O)cc(O)cc4[OH+]C3c3cc(O)c(O)c(O)c3)[C@H](O)[C@@H](O)[C@@H]2O)[C@H](O)[C@H](O)[C@H]1OC(=O)/C=C\c1ccc(O)cc1. The van der Waals surface area contributed by atoms with E-state index in [9.17, 15) is 76.3 Å². The summed E-state index contributed by atoms with van der Waals surface area (Å²) < 4.78 is 44.5. The zero-order valence-electron chi connectivity index (χ0n) is 34.0. The van der Waals surface area contributed by atoms with E-state index in [1.54, 1.807) is 12.1 Å². The predicted octanol–water partition coefficient (Wildman–Crippen LogP) is -2.34. The minimum absolute atomic E-state index is 0.0162. The highest BCUT2D eigenvalue weighted by Crippen LogP contribution is 2.48. The van der Waals surface area contributed by atoms with Crippen molar-refractivity contribution in [2.24, 2.45) is 0 Å². The number of phenolic OH excluding ortho intramolecular Hbond substituents is 5. The van der Waals surface area contributed by atoms with Gasteiger partial charge in [-0.3, -0.25) is 0 Å². The molecule has 4 aliphatic rings. The molecule has 15 N–H and O–H groups in total. The van der Waals surface area contributed by atoms with Crippen LogP contribution in [-0.2, 0) is 33.2 Å². The van der Waals surface area contributed by atoms with Crippen molar-refractivity contribution < 1.29 is 114 Å². The maximum absolute atomic E-state index is 12.6. The Bertz CT molecular complexity index is 2190. The van der Waals surface area contributed by atoms with Crippen LogP contribution in [0.1, 0.15) is 29.7 Å². The standard InChI is InChI=1S/C42H48O23/c1-15-38(65-28(48)7-4-16-2-5-18(44)6-3-16)34(54)37(57)40(59-15)58-14-27-31(51)33(53)36(56)42(64-27)62-25-12-20-23(60-39(25)17-8-21(46)29(49)22(47)9-17)10-19(45)11-24(20)61-41-35(55)32(52)30(50)26(13-43)63-41/h2-12,15,26-27,30-47,49-57H,13-14H2,1H3/p+1/b7-4-/t15-,26+,27+,30+,31+,32-,33-,34-,35+,36+,37+,38-,39?,40+,41+,42+/m0/s1. The topological polar surface area (TPSA) is 378 Å². The Balaban J connectivity index is 1.10. The smallest absolute Gasteiger partial charge is 0.331 e. The van der Waals surface area contributed by atoms with Crippen molar-refractivity contribution in [3.05, 3.63) is 77.1 Å². The fourth-order valence-electron chi connectivity index (χ4n) is 7.49. The first-order chi connectivity index (χ1) is 30.8. The number of aliphatic hydroxyl groups is 10. The summed E-state index contributed by atoms with van der Waals surface area (Å²) in [5.74, 6) is -4.38. The van der Waals surface area contributed by atoms with E-state index in [4.69, 9.17) is 33.2 Å². The van der Waals surface area contributed by atoms with Crippen LogP contribution in [0.2, 0.25) is 0 Å². The lowest BCUT2D eigenvalue weighted by Crippen LogP contribution is -2.61. The Morgan fingerprint density at radius 1 is 0.692 bits per heavy atom. The third-order valence-electron chi connectivity index (χ3n) is 11.1. The van der Waals surface area contributed by atoms with Gasteiger partial charge >= 0.3 is 5.97 Å². The molecule has 3 fully saturated rings. The minimum Gasteiger partial charge on any atom is -0.571 e. The van der Waals surface area contributed by atoms with Crippen LogP contribution in [0.5, 0.6) is 40.2 Å². The van der Waals surface area contributed by atoms with Crippen molar-refractivity contribution >= 4 is 18.1 Å². The van der Waals surface area contributed by atoms with Crippen LogP contribution in [0.4, 0.5) is 0 Å². The molecule has 3 aromatic rings. The third kappa shape index (κ3) is 10.0. The van der Waals surface area contributed by atoms with Gasteiger partial charge in [-0.15, -0.1) is 0 Å². The molecule has 23 nitrogen and oxygen atoms in total. The number of rotatable bonds is 12. The van der Waals surface area contributed by atoms with Crippen molar-refractivity contribution in [3.63, 3.8) is 0 Å². The Morgan fingerprint density at radius 3 is 1.94 bits per heavy atom. The van der Waals surface area contributed by atoms with Gasteiger partial charge in [-0.2, -0.15) is 0 Å². The molecule has 4 heterocycles. The fraction of sp³-hybridized carbons (Fsp3) is 0.452. The monoisotopic (exact) mass is 921 g/mol. The van der Waals surface area contributed by atoms with Gasteiger partial charge in [0, 0.05) is 18.2 Å². The molecule has 23 heteroatoms. The number of phenols is 5. The van der Waals surface area contributed by atoms with Gasteiger partial charge in [-0.05, 0) is 42.8 Å². The van der Waals surface area contributed by atoms with E-state index < -0.39 is 140 Å². The van der Waals surface area contributed by atoms with Crippen LogP contribution in [0.15, 0.2) is 60.4 Å². The van der Waals surface area contributed by atoms with Crippen LogP contribution in [-0.4, -0.2) is 188 Å². The molecule has 0 amide bonds. The normalized spacial score (nSPS) is 34.8. The highest BCUT2D eigenvalue weighted by atomic mass is 16.7. The van der Waals surface area contributed by atoms with Crippen molar-refractivity contribution in [3.8, 4) is 40.2 Å². The zero-order valence-corrected chi connectivity index (χ0v) is 34.0. The van der Waals surface area contributed by atoms with Gasteiger partial charge in [-0.1, -0.05) is 12.1 Å². The van der Waals surface area contributed by atoms with Crippen molar-refractivity contribution in [1.29, 1.82) is 0 Å². The van der Waals surface area contributed by atoms with Gasteiger partial charge < -0.3 is 109 Å². The average Bonchev–Trinajstić information content (AvgIpc) is 3.27. The first-order valence-electron chi connectivity index (χ1n) is 20.0. The summed E-state index contributed by atoms with van der Waals surface area (Å²) in [7, 11) is 0. The number of aromatic hydroxyl groups is 6. The van der Waals surface area contributed by atoms with Gasteiger partial charge in [0.1, 0.15) is 83.9 Å². The second-order valence-corrected chi connectivity index (χ2v) is 15.7. The van der Waals surface area contributed by atoms with Crippen molar-refractivity contribution in [2.75, 3.05) is 13.2 Å². The fourth-order valence-corrected chi connectivity index (χ4v) is 7.49. The summed E-state index contributed by atoms with van der Waals surface area (Å²) in [6, 6.07) is 10.2. The molecule has 4 aliphatic heterocycles. The molecule has 16 atom stereocenters. The Hall–Kier alpha value is -5.51. The molecule has 1 unspecified atom stereocenters. The zero-order chi connectivity index (χ0) is 47.0. The number of ether oxygens (including phenoxy) is 8. The number of aliphatic hydroxyl groups excluding tert-OH is 9. The molecule has 3 saturated heterocycles. The molecule has 65 heavy (non-hydrogen) atoms. The van der Waals surface area contributed by atoms with Crippen LogP contribution >= 0.6 is 0 Å². The van der Waals surface area contributed by atoms with Gasteiger partial charge in [0.25, 0.3) is 11.9 Å². The Kier molecular flexibility index (Phi) is 14.3. The first kappa shape index (κ1) is 47.5. The quantitative estimate of drug-likeness (QED) is 0.0392. The molecular weight excluding hydrogens is 872 g/mol. The highest BCUT2D eigenvalue weighted by Gasteiger charge is 2.50. The van der Waals surface area contributed by atoms with Crippen LogP contribution < -0.4 is 4.74 Å². The highest BCUT2D eigenvalue weighted by molar-refractivity contribution is 5.87. The van der Waals surface area contributed by atoms with E-state index >= 15 is 0 Å². The van der Waals surface area contributed by atoms with E-state index in [-0.39, 0.29) is 34.1 Å². The molecule has 0 aliphatic carbocycles. The van der Waals surface area contributed by atoms with Gasteiger partial charge in [-0.25, -0.2) is 4.79 Å². The summed E-state index contributed by atoms with van der Waals surface area (Å²) in [4.78, 5) is 12.6. The van der Waals surface area contributed by atoms with Gasteiger partial charge in [0.05, 0.1) is 30.9 Å². The Morgan fingerprint density at radius 2 is 1.29 bits per heavy atom. The lowest BCUT2D eigenvalue weighted by atomic mass is 9.98. The van der Waals surface area contributed by atoms with E-state index in [2.05, 4.69) is 4.74 Å². The molecule has 354 valence electrons. The predicted molar refractivity (Wildman–Crippen MR) is 213 cm³/mol. The number of fused-ring (bicyclic) bond motifs is 1. The lowest BCUT2D eigenvalue weighted by Gasteiger charge is -2.43. The number of carbonyl (C=O) groups is 1. The second-order valence-electron chi connectivity index (χ2n) is 15.7. The second kappa shape index (κ2) is 19.5. The van der Waals surface area contributed by atoms with Crippen LogP contribution in [0.25, 0.3) is 12.2 Å². The molecular formula is C42H49O23+. The molecule has 7 rings (SSSR count). The van der Waals surface area contributed by atoms with E-state index in [0.717, 1.165) is 30.3 Å². The number of hydrogen-bond donors (Lipinski definition) is 14. The van der Waals surface area contributed by atoms with E-state index in [1.807, 2.05) is 0 Å². The minimum atomic E-state index is -2.01. The van der Waals surface area contributed by atoms with Crippen molar-refractivity contribution in [1.82, 2.24) is 0 Å². The Labute approximate surface area is 367 Å². The molecule has 0 bridgehead atoms. The largest absolute Gasteiger partial charge is 0.571 e. The summed E-state index contributed by atoms with van der Waals surface area (Å²) in [6.45, 7) is -0.0383. The molecule has 0 radical (unpaired) electrons. The first-order valence-corrected chi connectivity index (χ1v) is 20.0. The maximum atomic E-state index is 12.6. The number of carbonyl (C=O) groups excluding carboxylic acids is 1. The van der Waals surface area contributed by atoms with Gasteiger partial charge in [0.15, 0.2) is 35.4 Å². The molecule has 0 aromatic heterocycles. The third-order valence-corrected chi connectivity index (χ3v) is 11.1. The van der Waals surface area contributed by atoms with Crippen LogP contribution in [0.3, 0.4) is 0 Å². The summed E-state index contributed by atoms with van der Waals surface area (Å²) in [5.41, 5.74) is 0.494. The number of benzene rings is 3. The van der Waals surface area contributed by atoms with Gasteiger partial charge in [0.2, 0.25) is 12.6 Å². The summed E-state index contributed by atoms with van der Waals surface area (Å²) in [6.07, 6.45) is -23.2. The summed E-state index contributed by atoms with van der Waals surface area (Å²) in [5, 5.41) is 147. The average molecular weight is 922 g/mol.